The molecule has 0 aliphatic carbocycles. The standard InChI is InChI=1S/C43H85N2/c1-4-7-9-11-13-15-17-19-21-23-24-26-28-30-32-34-36-38-43-44(39-6-3)41-42-45(43)40-37-35-33-31-29-27-25-22-20-18-16-14-12-10-8-5-2/h41-42H,4-40H2,1-3H3/q+1. The van der Waals surface area contributed by atoms with Gasteiger partial charge in [0, 0.05) is 6.42 Å². The lowest BCUT2D eigenvalue weighted by atomic mass is 10.0. The average Bonchev–Trinajstić information content (AvgIpc) is 3.43. The van der Waals surface area contributed by atoms with Gasteiger partial charge in [-0.3, -0.25) is 0 Å². The number of rotatable bonds is 37. The van der Waals surface area contributed by atoms with E-state index in [4.69, 9.17) is 0 Å². The van der Waals surface area contributed by atoms with Crippen molar-refractivity contribution in [1.29, 1.82) is 0 Å². The summed E-state index contributed by atoms with van der Waals surface area (Å²) in [6.45, 7) is 9.34. The molecule has 0 spiro atoms. The zero-order valence-electron chi connectivity index (χ0n) is 31.7. The molecule has 0 saturated heterocycles. The van der Waals surface area contributed by atoms with Crippen molar-refractivity contribution in [1.82, 2.24) is 4.57 Å². The molecule has 0 aliphatic rings. The monoisotopic (exact) mass is 630 g/mol. The molecule has 266 valence electrons. The van der Waals surface area contributed by atoms with Crippen molar-refractivity contribution in [3.63, 3.8) is 0 Å². The molecule has 0 amide bonds. The molecule has 1 aromatic rings. The number of nitrogens with zero attached hydrogens (tertiary/aromatic N) is 2. The quantitative estimate of drug-likeness (QED) is 0.0511. The summed E-state index contributed by atoms with van der Waals surface area (Å²) in [6.07, 6.45) is 55.1. The highest BCUT2D eigenvalue weighted by Gasteiger charge is 2.16. The van der Waals surface area contributed by atoms with Crippen LogP contribution in [0.25, 0.3) is 0 Å². The molecule has 0 aromatic carbocycles. The fraction of sp³-hybridized carbons (Fsp3) is 0.930. The van der Waals surface area contributed by atoms with Crippen LogP contribution in [0.2, 0.25) is 0 Å². The van der Waals surface area contributed by atoms with E-state index < -0.39 is 0 Å². The van der Waals surface area contributed by atoms with Crippen LogP contribution in [0.1, 0.15) is 245 Å². The Morgan fingerprint density at radius 2 is 0.689 bits per heavy atom. The van der Waals surface area contributed by atoms with E-state index in [-0.39, 0.29) is 0 Å². The van der Waals surface area contributed by atoms with E-state index in [9.17, 15) is 0 Å². The summed E-state index contributed by atoms with van der Waals surface area (Å²) in [5, 5.41) is 0. The second-order valence-electron chi connectivity index (χ2n) is 14.8. The van der Waals surface area contributed by atoms with Gasteiger partial charge < -0.3 is 0 Å². The van der Waals surface area contributed by atoms with Crippen molar-refractivity contribution in [3.8, 4) is 0 Å². The molecule has 0 fully saturated rings. The maximum Gasteiger partial charge on any atom is 0.256 e. The second-order valence-corrected chi connectivity index (χ2v) is 14.8. The molecule has 0 atom stereocenters. The minimum atomic E-state index is 1.18. The van der Waals surface area contributed by atoms with Gasteiger partial charge in [0.25, 0.3) is 5.82 Å². The molecule has 0 unspecified atom stereocenters. The zero-order valence-corrected chi connectivity index (χ0v) is 31.7. The fourth-order valence-corrected chi connectivity index (χ4v) is 7.27. The van der Waals surface area contributed by atoms with Crippen LogP contribution in [0.15, 0.2) is 12.4 Å². The van der Waals surface area contributed by atoms with E-state index in [1.165, 1.54) is 238 Å². The normalized spacial score (nSPS) is 11.6. The molecule has 0 N–H and O–H groups in total. The van der Waals surface area contributed by atoms with Gasteiger partial charge in [-0.05, 0) is 25.7 Å². The van der Waals surface area contributed by atoms with Crippen molar-refractivity contribution >= 4 is 0 Å². The Morgan fingerprint density at radius 1 is 0.378 bits per heavy atom. The van der Waals surface area contributed by atoms with E-state index in [1.54, 1.807) is 5.82 Å². The minimum absolute atomic E-state index is 1.18. The molecule has 2 heteroatoms. The molecule has 2 nitrogen and oxygen atoms in total. The van der Waals surface area contributed by atoms with Crippen LogP contribution in [-0.2, 0) is 19.5 Å². The number of hydrogen-bond donors (Lipinski definition) is 0. The molecule has 0 radical (unpaired) electrons. The molecule has 0 aliphatic heterocycles. The Labute approximate surface area is 285 Å². The fourth-order valence-electron chi connectivity index (χ4n) is 7.27. The lowest BCUT2D eigenvalue weighted by molar-refractivity contribution is -0.704. The second kappa shape index (κ2) is 34.5. The first kappa shape index (κ1) is 42.2. The van der Waals surface area contributed by atoms with E-state index in [0.717, 1.165) is 0 Å². The molecular weight excluding hydrogens is 544 g/mol. The van der Waals surface area contributed by atoms with Crippen LogP contribution in [0, 0.1) is 0 Å². The van der Waals surface area contributed by atoms with Gasteiger partial charge in [0.15, 0.2) is 0 Å². The molecule has 1 rings (SSSR count). The smallest absolute Gasteiger partial charge is 0.234 e. The van der Waals surface area contributed by atoms with E-state index in [0.29, 0.717) is 0 Å². The van der Waals surface area contributed by atoms with Crippen LogP contribution in [0.3, 0.4) is 0 Å². The van der Waals surface area contributed by atoms with Gasteiger partial charge in [0.1, 0.15) is 12.4 Å². The van der Waals surface area contributed by atoms with Crippen molar-refractivity contribution in [2.45, 2.75) is 259 Å². The molecular formula is C43H85N2+. The Hall–Kier alpha value is -0.790. The summed E-state index contributed by atoms with van der Waals surface area (Å²) in [4.78, 5) is 0. The number of aryl methyl sites for hydroxylation is 2. The van der Waals surface area contributed by atoms with Gasteiger partial charge in [-0.1, -0.05) is 213 Å². The van der Waals surface area contributed by atoms with Crippen molar-refractivity contribution in [2.24, 2.45) is 0 Å². The number of hydrogen-bond acceptors (Lipinski definition) is 0. The van der Waals surface area contributed by atoms with E-state index in [1.807, 2.05) is 0 Å². The summed E-state index contributed by atoms with van der Waals surface area (Å²) in [6, 6.07) is 0. The van der Waals surface area contributed by atoms with Crippen LogP contribution in [0.4, 0.5) is 0 Å². The Morgan fingerprint density at radius 3 is 1.02 bits per heavy atom. The zero-order chi connectivity index (χ0) is 32.3. The van der Waals surface area contributed by atoms with Gasteiger partial charge in [0.05, 0.1) is 13.1 Å². The lowest BCUT2D eigenvalue weighted by Crippen LogP contribution is -2.37. The highest BCUT2D eigenvalue weighted by atomic mass is 15.1. The van der Waals surface area contributed by atoms with Crippen LogP contribution < -0.4 is 4.57 Å². The summed E-state index contributed by atoms with van der Waals surface area (Å²) >= 11 is 0. The maximum absolute atomic E-state index is 2.60. The Kier molecular flexibility index (Phi) is 32.4. The average molecular weight is 630 g/mol. The van der Waals surface area contributed by atoms with Crippen molar-refractivity contribution < 1.29 is 4.57 Å². The summed E-state index contributed by atoms with van der Waals surface area (Å²) < 4.78 is 5.16. The van der Waals surface area contributed by atoms with Gasteiger partial charge >= 0.3 is 0 Å². The van der Waals surface area contributed by atoms with Crippen LogP contribution in [-0.4, -0.2) is 4.57 Å². The predicted molar refractivity (Wildman–Crippen MR) is 202 cm³/mol. The van der Waals surface area contributed by atoms with Crippen molar-refractivity contribution in [3.05, 3.63) is 18.2 Å². The first-order valence-corrected chi connectivity index (χ1v) is 21.4. The third kappa shape index (κ3) is 26.9. The first-order chi connectivity index (χ1) is 22.3. The number of unbranched alkanes of at least 4 members (excludes halogenated alkanes) is 31. The number of aromatic nitrogens is 2. The largest absolute Gasteiger partial charge is 0.256 e. The third-order valence-electron chi connectivity index (χ3n) is 10.3. The molecule has 1 heterocycles. The highest BCUT2D eigenvalue weighted by molar-refractivity contribution is 4.84. The predicted octanol–water partition coefficient (Wildman–Crippen LogP) is 14.6. The minimum Gasteiger partial charge on any atom is -0.234 e. The molecule has 0 bridgehead atoms. The third-order valence-corrected chi connectivity index (χ3v) is 10.3. The Balaban J connectivity index is 1.99. The summed E-state index contributed by atoms with van der Waals surface area (Å²) in [7, 11) is 0. The van der Waals surface area contributed by atoms with E-state index >= 15 is 0 Å². The summed E-state index contributed by atoms with van der Waals surface area (Å²) in [5.41, 5.74) is 0. The van der Waals surface area contributed by atoms with E-state index in [2.05, 4.69) is 42.3 Å². The van der Waals surface area contributed by atoms with Gasteiger partial charge in [-0.2, -0.15) is 0 Å². The van der Waals surface area contributed by atoms with Crippen LogP contribution >= 0.6 is 0 Å². The van der Waals surface area contributed by atoms with Gasteiger partial charge in [-0.15, -0.1) is 0 Å². The lowest BCUT2D eigenvalue weighted by Gasteiger charge is -2.06. The number of imidazole rings is 1. The van der Waals surface area contributed by atoms with Gasteiger partial charge in [-0.25, -0.2) is 9.13 Å². The summed E-state index contributed by atoms with van der Waals surface area (Å²) in [5.74, 6) is 1.60. The first-order valence-electron chi connectivity index (χ1n) is 21.4. The van der Waals surface area contributed by atoms with Gasteiger partial charge in [0.2, 0.25) is 0 Å². The highest BCUT2D eigenvalue weighted by Crippen LogP contribution is 2.16. The SMILES string of the molecule is CCCCCCCCCCCCCCCCCCCc1n(CCC)cc[n+]1CCCCCCCCCCCCCCCCCC. The Bertz CT molecular complexity index is 692. The molecule has 45 heavy (non-hydrogen) atoms. The molecule has 0 saturated carbocycles. The van der Waals surface area contributed by atoms with Crippen LogP contribution in [0.5, 0.6) is 0 Å². The molecule has 1 aromatic heterocycles. The maximum atomic E-state index is 2.60. The topological polar surface area (TPSA) is 8.81 Å². The van der Waals surface area contributed by atoms with Crippen molar-refractivity contribution in [2.75, 3.05) is 0 Å².